The zero-order valence-electron chi connectivity index (χ0n) is 18.3. The van der Waals surface area contributed by atoms with Gasteiger partial charge in [-0.25, -0.2) is 9.97 Å². The largest absolute Gasteiger partial charge is 0.379 e. The minimum atomic E-state index is -0.319. The first-order valence-electron chi connectivity index (χ1n) is 11.0. The van der Waals surface area contributed by atoms with E-state index in [9.17, 15) is 4.79 Å². The van der Waals surface area contributed by atoms with Crippen LogP contribution in [-0.4, -0.2) is 53.6 Å². The Kier molecular flexibility index (Phi) is 8.25. The van der Waals surface area contributed by atoms with Gasteiger partial charge in [0.2, 0.25) is 0 Å². The molecule has 0 bridgehead atoms. The van der Waals surface area contributed by atoms with Gasteiger partial charge in [-0.3, -0.25) is 9.69 Å². The van der Waals surface area contributed by atoms with Gasteiger partial charge in [-0.05, 0) is 61.7 Å². The fraction of sp³-hybridized carbons (Fsp3) is 0.320. The summed E-state index contributed by atoms with van der Waals surface area (Å²) in [5.41, 5.74) is 2.34. The minimum absolute atomic E-state index is 0.319. The number of anilines is 3. The number of benzene rings is 2. The van der Waals surface area contributed by atoms with E-state index in [2.05, 4.69) is 53.3 Å². The van der Waals surface area contributed by atoms with Crippen LogP contribution in [0, 0.1) is 11.8 Å². The number of fused-ring (bicyclic) bond motifs is 1. The van der Waals surface area contributed by atoms with Crippen molar-refractivity contribution >= 4 is 49.9 Å². The Morgan fingerprint density at radius 1 is 1.09 bits per heavy atom. The molecule has 0 spiro atoms. The summed E-state index contributed by atoms with van der Waals surface area (Å²) < 4.78 is 6.33. The fourth-order valence-corrected chi connectivity index (χ4v) is 4.01. The average molecular weight is 508 g/mol. The molecule has 1 aliphatic rings. The van der Waals surface area contributed by atoms with Crippen LogP contribution >= 0.6 is 15.9 Å². The van der Waals surface area contributed by atoms with Crippen LogP contribution in [-0.2, 0) is 9.53 Å². The summed E-state index contributed by atoms with van der Waals surface area (Å²) in [5.74, 6) is 6.02. The van der Waals surface area contributed by atoms with E-state index in [1.165, 1.54) is 6.33 Å². The van der Waals surface area contributed by atoms with E-state index in [1.807, 2.05) is 42.5 Å². The lowest BCUT2D eigenvalue weighted by Crippen LogP contribution is -2.36. The van der Waals surface area contributed by atoms with Gasteiger partial charge in [-0.2, -0.15) is 0 Å². The van der Waals surface area contributed by atoms with Crippen LogP contribution < -0.4 is 10.6 Å². The van der Waals surface area contributed by atoms with Crippen molar-refractivity contribution < 1.29 is 9.53 Å². The van der Waals surface area contributed by atoms with Crippen LogP contribution in [0.3, 0.4) is 0 Å². The van der Waals surface area contributed by atoms with Crippen molar-refractivity contribution in [3.8, 4) is 11.8 Å². The first kappa shape index (κ1) is 23.2. The van der Waals surface area contributed by atoms with Crippen molar-refractivity contribution in [2.45, 2.75) is 19.3 Å². The summed E-state index contributed by atoms with van der Waals surface area (Å²) in [6.45, 7) is 4.72. The number of carbonyl (C=O) groups is 1. The monoisotopic (exact) mass is 507 g/mol. The second-order valence-corrected chi connectivity index (χ2v) is 8.67. The Bertz CT molecular complexity index is 1170. The molecule has 1 saturated heterocycles. The van der Waals surface area contributed by atoms with E-state index < -0.39 is 0 Å². The number of carbonyl (C=O) groups excluding carboxylic acids is 1. The molecule has 0 aliphatic carbocycles. The molecule has 1 aliphatic heterocycles. The molecular weight excluding hydrogens is 482 g/mol. The second-order valence-electron chi connectivity index (χ2n) is 7.76. The van der Waals surface area contributed by atoms with E-state index in [0.717, 1.165) is 66.8 Å². The van der Waals surface area contributed by atoms with Gasteiger partial charge in [0.05, 0.1) is 18.7 Å². The number of aromatic nitrogens is 2. The Morgan fingerprint density at radius 3 is 2.82 bits per heavy atom. The van der Waals surface area contributed by atoms with Crippen molar-refractivity contribution in [3.05, 3.63) is 53.3 Å². The molecule has 7 nitrogen and oxygen atoms in total. The smallest absolute Gasteiger partial charge is 0.300 e. The van der Waals surface area contributed by atoms with Crippen molar-refractivity contribution in [1.29, 1.82) is 0 Å². The zero-order chi connectivity index (χ0) is 22.9. The highest BCUT2D eigenvalue weighted by molar-refractivity contribution is 9.10. The Labute approximate surface area is 202 Å². The third-order valence-electron chi connectivity index (χ3n) is 5.31. The first-order chi connectivity index (χ1) is 16.2. The molecule has 33 heavy (non-hydrogen) atoms. The van der Waals surface area contributed by atoms with E-state index in [1.54, 1.807) is 0 Å². The van der Waals surface area contributed by atoms with Gasteiger partial charge in [-0.1, -0.05) is 27.9 Å². The number of unbranched alkanes of at least 4 members (excludes halogenated alkanes) is 2. The predicted octanol–water partition coefficient (Wildman–Crippen LogP) is 4.58. The quantitative estimate of drug-likeness (QED) is 0.360. The molecule has 1 amide bonds. The summed E-state index contributed by atoms with van der Waals surface area (Å²) in [6, 6.07) is 13.4. The Hall–Kier alpha value is -2.99. The van der Waals surface area contributed by atoms with Gasteiger partial charge in [-0.15, -0.1) is 0 Å². The van der Waals surface area contributed by atoms with Crippen LogP contribution in [0.2, 0.25) is 0 Å². The average Bonchev–Trinajstić information content (AvgIpc) is 2.82. The van der Waals surface area contributed by atoms with Crippen molar-refractivity contribution in [3.63, 3.8) is 0 Å². The summed E-state index contributed by atoms with van der Waals surface area (Å²) in [7, 11) is 0. The van der Waals surface area contributed by atoms with E-state index in [0.29, 0.717) is 17.9 Å². The number of hydrogen-bond donors (Lipinski definition) is 2. The summed E-state index contributed by atoms with van der Waals surface area (Å²) in [5, 5.41) is 6.98. The highest BCUT2D eigenvalue weighted by Crippen LogP contribution is 2.26. The zero-order valence-corrected chi connectivity index (χ0v) is 19.9. The van der Waals surface area contributed by atoms with Crippen molar-refractivity contribution in [2.75, 3.05) is 43.5 Å². The number of ether oxygens (including phenoxy) is 1. The van der Waals surface area contributed by atoms with E-state index >= 15 is 0 Å². The Balaban J connectivity index is 1.33. The SMILES string of the molecule is O=C(C#CCCCCN1CCOCC1)Nc1ccc2ncnc(Nc3cccc(Br)c3)c2c1. The van der Waals surface area contributed by atoms with Gasteiger partial charge in [0.25, 0.3) is 5.91 Å². The van der Waals surface area contributed by atoms with Gasteiger partial charge in [0.1, 0.15) is 12.1 Å². The molecule has 0 atom stereocenters. The topological polar surface area (TPSA) is 79.4 Å². The standard InChI is InChI=1S/C25H26BrN5O2/c26-19-6-5-7-20(16-19)30-25-22-17-21(9-10-23(22)27-18-28-25)29-24(32)8-3-1-2-4-11-31-12-14-33-15-13-31/h5-7,9-10,16-18H,1-2,4,11-15H2,(H,29,32)(H,27,28,30). The molecule has 0 unspecified atom stereocenters. The highest BCUT2D eigenvalue weighted by Gasteiger charge is 2.09. The summed E-state index contributed by atoms with van der Waals surface area (Å²) in [6.07, 6.45) is 4.29. The number of morpholine rings is 1. The maximum Gasteiger partial charge on any atom is 0.300 e. The lowest BCUT2D eigenvalue weighted by molar-refractivity contribution is -0.111. The van der Waals surface area contributed by atoms with Gasteiger partial charge >= 0.3 is 0 Å². The van der Waals surface area contributed by atoms with Gasteiger partial charge < -0.3 is 15.4 Å². The fourth-order valence-electron chi connectivity index (χ4n) is 3.62. The van der Waals surface area contributed by atoms with Crippen LogP contribution in [0.5, 0.6) is 0 Å². The van der Waals surface area contributed by atoms with Crippen LogP contribution in [0.25, 0.3) is 10.9 Å². The second kappa shape index (κ2) is 11.8. The molecule has 2 heterocycles. The molecular formula is C25H26BrN5O2. The molecule has 170 valence electrons. The first-order valence-corrected chi connectivity index (χ1v) is 11.8. The number of nitrogens with zero attached hydrogens (tertiary/aromatic N) is 3. The van der Waals surface area contributed by atoms with Crippen molar-refractivity contribution in [1.82, 2.24) is 14.9 Å². The number of rotatable bonds is 7. The summed E-state index contributed by atoms with van der Waals surface area (Å²) in [4.78, 5) is 23.4. The predicted molar refractivity (Wildman–Crippen MR) is 134 cm³/mol. The number of halogens is 1. The van der Waals surface area contributed by atoms with Crippen molar-refractivity contribution in [2.24, 2.45) is 0 Å². The molecule has 8 heteroatoms. The molecule has 0 radical (unpaired) electrons. The Morgan fingerprint density at radius 2 is 1.97 bits per heavy atom. The minimum Gasteiger partial charge on any atom is -0.379 e. The maximum absolute atomic E-state index is 12.3. The van der Waals surface area contributed by atoms with Crippen LogP contribution in [0.1, 0.15) is 19.3 Å². The number of hydrogen-bond acceptors (Lipinski definition) is 6. The molecule has 1 aromatic heterocycles. The maximum atomic E-state index is 12.3. The van der Waals surface area contributed by atoms with E-state index in [-0.39, 0.29) is 5.91 Å². The van der Waals surface area contributed by atoms with Crippen LogP contribution in [0.15, 0.2) is 53.3 Å². The molecule has 0 saturated carbocycles. The van der Waals surface area contributed by atoms with Gasteiger partial charge in [0, 0.05) is 40.7 Å². The molecule has 3 aromatic rings. The molecule has 2 aromatic carbocycles. The summed E-state index contributed by atoms with van der Waals surface area (Å²) >= 11 is 3.48. The molecule has 4 rings (SSSR count). The normalized spacial score (nSPS) is 13.8. The lowest BCUT2D eigenvalue weighted by atomic mass is 10.2. The third kappa shape index (κ3) is 6.99. The lowest BCUT2D eigenvalue weighted by Gasteiger charge is -2.26. The molecule has 1 fully saturated rings. The molecule has 2 N–H and O–H groups in total. The highest BCUT2D eigenvalue weighted by atomic mass is 79.9. The number of nitrogens with one attached hydrogen (secondary N) is 2. The van der Waals surface area contributed by atoms with Crippen LogP contribution in [0.4, 0.5) is 17.2 Å². The number of amides is 1. The van der Waals surface area contributed by atoms with Gasteiger partial charge in [0.15, 0.2) is 0 Å². The van der Waals surface area contributed by atoms with E-state index in [4.69, 9.17) is 4.74 Å². The third-order valence-corrected chi connectivity index (χ3v) is 5.81.